The maximum Gasteiger partial charge on any atom is 0.128 e. The Bertz CT molecular complexity index is 549. The van der Waals surface area contributed by atoms with Crippen molar-refractivity contribution >= 4 is 15.9 Å². The largest absolute Gasteiger partial charge is 0.489 e. The molecule has 0 unspecified atom stereocenters. The molecule has 94 valence electrons. The Morgan fingerprint density at radius 2 is 1.83 bits per heavy atom. The lowest BCUT2D eigenvalue weighted by Gasteiger charge is -2.09. The number of hydrogen-bond donors (Lipinski definition) is 0. The van der Waals surface area contributed by atoms with Gasteiger partial charge in [0.25, 0.3) is 0 Å². The molecular weight excluding hydrogens is 302 g/mol. The van der Waals surface area contributed by atoms with Gasteiger partial charge in [-0.25, -0.2) is 8.78 Å². The first-order chi connectivity index (χ1) is 8.54. The highest BCUT2D eigenvalue weighted by Crippen LogP contribution is 2.22. The summed E-state index contributed by atoms with van der Waals surface area (Å²) < 4.78 is 32.3. The van der Waals surface area contributed by atoms with Crippen LogP contribution >= 0.6 is 15.9 Å². The first-order valence-corrected chi connectivity index (χ1v) is 6.18. The van der Waals surface area contributed by atoms with Gasteiger partial charge in [-0.2, -0.15) is 0 Å². The summed E-state index contributed by atoms with van der Waals surface area (Å²) in [5.41, 5.74) is 1.68. The van der Waals surface area contributed by atoms with E-state index in [9.17, 15) is 8.78 Å². The molecule has 2 aromatic rings. The van der Waals surface area contributed by atoms with Crippen LogP contribution in [0.1, 0.15) is 11.1 Å². The highest BCUT2D eigenvalue weighted by atomic mass is 79.9. The number of hydrogen-bond acceptors (Lipinski definition) is 1. The van der Waals surface area contributed by atoms with E-state index in [4.69, 9.17) is 4.74 Å². The van der Waals surface area contributed by atoms with Gasteiger partial charge in [-0.3, -0.25) is 0 Å². The van der Waals surface area contributed by atoms with Crippen LogP contribution in [0, 0.1) is 18.6 Å². The van der Waals surface area contributed by atoms with Crippen LogP contribution in [0.2, 0.25) is 0 Å². The third-order valence-corrected chi connectivity index (χ3v) is 3.00. The van der Waals surface area contributed by atoms with Crippen LogP contribution in [0.4, 0.5) is 8.78 Å². The lowest BCUT2D eigenvalue weighted by Crippen LogP contribution is -1.99. The van der Waals surface area contributed by atoms with E-state index in [0.29, 0.717) is 10.2 Å². The van der Waals surface area contributed by atoms with Crippen LogP contribution in [0.5, 0.6) is 5.75 Å². The summed E-state index contributed by atoms with van der Waals surface area (Å²) in [6.07, 6.45) is 0. The minimum atomic E-state index is -0.379. The van der Waals surface area contributed by atoms with E-state index in [0.717, 1.165) is 11.1 Å². The summed E-state index contributed by atoms with van der Waals surface area (Å²) in [6.45, 7) is 2.08. The highest BCUT2D eigenvalue weighted by Gasteiger charge is 2.04. The van der Waals surface area contributed by atoms with Gasteiger partial charge in [0, 0.05) is 10.5 Å². The molecule has 0 aromatic heterocycles. The van der Waals surface area contributed by atoms with Crippen molar-refractivity contribution in [2.45, 2.75) is 13.5 Å². The average Bonchev–Trinajstić information content (AvgIpc) is 2.29. The molecule has 0 atom stereocenters. The van der Waals surface area contributed by atoms with Crippen LogP contribution in [0.25, 0.3) is 0 Å². The number of benzene rings is 2. The van der Waals surface area contributed by atoms with Gasteiger partial charge in [0.05, 0.1) is 0 Å². The van der Waals surface area contributed by atoms with Crippen LogP contribution < -0.4 is 4.74 Å². The molecule has 0 saturated heterocycles. The summed E-state index contributed by atoms with van der Waals surface area (Å²) in [6, 6.07) is 8.81. The van der Waals surface area contributed by atoms with E-state index in [2.05, 4.69) is 15.9 Å². The third kappa shape index (κ3) is 3.29. The number of ether oxygens (including phenoxy) is 1. The molecule has 0 amide bonds. The molecule has 0 aliphatic heterocycles. The molecule has 0 bridgehead atoms. The van der Waals surface area contributed by atoms with Crippen LogP contribution in [-0.4, -0.2) is 0 Å². The standard InChI is InChI=1S/C14H11BrF2O/c1-9-2-3-12(16)4-10(9)8-18-14-6-11(15)5-13(17)7-14/h2-7H,8H2,1H3. The van der Waals surface area contributed by atoms with E-state index in [-0.39, 0.29) is 18.2 Å². The average molecular weight is 313 g/mol. The van der Waals surface area contributed by atoms with Gasteiger partial charge in [-0.1, -0.05) is 22.0 Å². The first-order valence-electron chi connectivity index (χ1n) is 5.38. The smallest absolute Gasteiger partial charge is 0.128 e. The second-order valence-corrected chi connectivity index (χ2v) is 4.88. The summed E-state index contributed by atoms with van der Waals surface area (Å²) in [4.78, 5) is 0. The van der Waals surface area contributed by atoms with Gasteiger partial charge < -0.3 is 4.74 Å². The Kier molecular flexibility index (Phi) is 3.97. The van der Waals surface area contributed by atoms with Crippen LogP contribution in [0.15, 0.2) is 40.9 Å². The Labute approximate surface area is 113 Å². The predicted octanol–water partition coefficient (Wildman–Crippen LogP) is 4.61. The van der Waals surface area contributed by atoms with Crippen molar-refractivity contribution in [1.29, 1.82) is 0 Å². The lowest BCUT2D eigenvalue weighted by molar-refractivity contribution is 0.303. The van der Waals surface area contributed by atoms with Crippen molar-refractivity contribution in [3.8, 4) is 5.75 Å². The van der Waals surface area contributed by atoms with Crippen molar-refractivity contribution in [1.82, 2.24) is 0 Å². The van der Waals surface area contributed by atoms with Gasteiger partial charge in [0.2, 0.25) is 0 Å². The predicted molar refractivity (Wildman–Crippen MR) is 69.6 cm³/mol. The van der Waals surface area contributed by atoms with Gasteiger partial charge >= 0.3 is 0 Å². The SMILES string of the molecule is Cc1ccc(F)cc1COc1cc(F)cc(Br)c1. The monoisotopic (exact) mass is 312 g/mol. The molecule has 18 heavy (non-hydrogen) atoms. The molecule has 0 heterocycles. The molecule has 4 heteroatoms. The highest BCUT2D eigenvalue weighted by molar-refractivity contribution is 9.10. The summed E-state index contributed by atoms with van der Waals surface area (Å²) >= 11 is 3.19. The Balaban J connectivity index is 2.13. The summed E-state index contributed by atoms with van der Waals surface area (Å²) in [7, 11) is 0. The van der Waals surface area contributed by atoms with Gasteiger partial charge in [-0.05, 0) is 42.3 Å². The fourth-order valence-electron chi connectivity index (χ4n) is 1.57. The zero-order chi connectivity index (χ0) is 13.1. The zero-order valence-corrected chi connectivity index (χ0v) is 11.3. The zero-order valence-electron chi connectivity index (χ0n) is 9.71. The molecule has 0 fully saturated rings. The minimum absolute atomic E-state index is 0.208. The normalized spacial score (nSPS) is 10.4. The number of rotatable bonds is 3. The van der Waals surface area contributed by atoms with E-state index in [1.165, 1.54) is 24.3 Å². The van der Waals surface area contributed by atoms with Gasteiger partial charge in [-0.15, -0.1) is 0 Å². The molecule has 2 aromatic carbocycles. The van der Waals surface area contributed by atoms with Crippen molar-refractivity contribution < 1.29 is 13.5 Å². The second-order valence-electron chi connectivity index (χ2n) is 3.96. The van der Waals surface area contributed by atoms with E-state index < -0.39 is 0 Å². The molecule has 0 aliphatic carbocycles. The van der Waals surface area contributed by atoms with Crippen molar-refractivity contribution in [3.63, 3.8) is 0 Å². The third-order valence-electron chi connectivity index (χ3n) is 2.54. The van der Waals surface area contributed by atoms with Crippen LogP contribution in [-0.2, 0) is 6.61 Å². The molecule has 0 aliphatic rings. The fourth-order valence-corrected chi connectivity index (χ4v) is 2.01. The van der Waals surface area contributed by atoms with Gasteiger partial charge in [0.15, 0.2) is 0 Å². The number of aryl methyl sites for hydroxylation is 1. The summed E-state index contributed by atoms with van der Waals surface area (Å²) in [5.74, 6) is -0.277. The Morgan fingerprint density at radius 1 is 1.06 bits per heavy atom. The lowest BCUT2D eigenvalue weighted by atomic mass is 10.1. The summed E-state index contributed by atoms with van der Waals surface area (Å²) in [5, 5.41) is 0. The Hall–Kier alpha value is -1.42. The van der Waals surface area contributed by atoms with Crippen molar-refractivity contribution in [3.05, 3.63) is 63.6 Å². The number of halogens is 3. The van der Waals surface area contributed by atoms with Crippen molar-refractivity contribution in [2.75, 3.05) is 0 Å². The van der Waals surface area contributed by atoms with Gasteiger partial charge in [0.1, 0.15) is 24.0 Å². The molecule has 0 N–H and O–H groups in total. The fraction of sp³-hybridized carbons (Fsp3) is 0.143. The molecule has 0 spiro atoms. The first kappa shape index (κ1) is 13.0. The van der Waals surface area contributed by atoms with E-state index >= 15 is 0 Å². The quantitative estimate of drug-likeness (QED) is 0.804. The van der Waals surface area contributed by atoms with E-state index in [1.54, 1.807) is 12.1 Å². The molecular formula is C14H11BrF2O. The maximum absolute atomic E-state index is 13.1. The van der Waals surface area contributed by atoms with E-state index in [1.807, 2.05) is 6.92 Å². The van der Waals surface area contributed by atoms with Crippen molar-refractivity contribution in [2.24, 2.45) is 0 Å². The molecule has 0 saturated carbocycles. The van der Waals surface area contributed by atoms with Crippen LogP contribution in [0.3, 0.4) is 0 Å². The molecule has 1 nitrogen and oxygen atoms in total. The topological polar surface area (TPSA) is 9.23 Å². The maximum atomic E-state index is 13.1. The molecule has 0 radical (unpaired) electrons. The Morgan fingerprint density at radius 3 is 2.56 bits per heavy atom. The second kappa shape index (κ2) is 5.48. The molecule has 2 rings (SSSR count). The minimum Gasteiger partial charge on any atom is -0.489 e.